The molecule has 138 valence electrons. The van der Waals surface area contributed by atoms with E-state index in [-0.39, 0.29) is 17.9 Å². The van der Waals surface area contributed by atoms with Gasteiger partial charge in [-0.1, -0.05) is 72.8 Å². The van der Waals surface area contributed by atoms with E-state index in [2.05, 4.69) is 45.1 Å². The van der Waals surface area contributed by atoms with Crippen LogP contribution in [-0.2, 0) is 4.79 Å². The number of aryl methyl sites for hydroxylation is 3. The smallest absolute Gasteiger partial charge is 0.232 e. The fourth-order valence-electron chi connectivity index (χ4n) is 3.61. The van der Waals surface area contributed by atoms with Crippen molar-refractivity contribution in [1.29, 1.82) is 0 Å². The molecule has 0 saturated carbocycles. The summed E-state index contributed by atoms with van der Waals surface area (Å²) in [6.07, 6.45) is 0. The number of amides is 1. The maximum Gasteiger partial charge on any atom is 0.232 e. The summed E-state index contributed by atoms with van der Waals surface area (Å²) in [5, 5.41) is 3.24. The topological polar surface area (TPSA) is 29.1 Å². The lowest BCUT2D eigenvalue weighted by Crippen LogP contribution is -2.32. The Balaban J connectivity index is 1.90. The molecule has 1 N–H and O–H groups in total. The third-order valence-electron chi connectivity index (χ3n) is 5.24. The Bertz CT molecular complexity index is 876. The minimum atomic E-state index is -0.318. The molecule has 3 aromatic rings. The van der Waals surface area contributed by atoms with Crippen LogP contribution in [0.4, 0.5) is 0 Å². The Morgan fingerprint density at radius 2 is 1.22 bits per heavy atom. The molecule has 2 nitrogen and oxygen atoms in total. The summed E-state index contributed by atoms with van der Waals surface area (Å²) in [5.74, 6) is -0.292. The fraction of sp³-hybridized carbons (Fsp3) is 0.240. The third-order valence-corrected chi connectivity index (χ3v) is 5.24. The summed E-state index contributed by atoms with van der Waals surface area (Å²) in [6.45, 7) is 8.40. The molecule has 1 atom stereocenters. The molecule has 0 spiro atoms. The summed E-state index contributed by atoms with van der Waals surface area (Å²) in [7, 11) is 0. The molecule has 3 aromatic carbocycles. The number of carbonyl (C=O) groups is 1. The maximum atomic E-state index is 13.3. The van der Waals surface area contributed by atoms with Crippen LogP contribution in [-0.4, -0.2) is 5.91 Å². The van der Waals surface area contributed by atoms with Crippen molar-refractivity contribution in [3.8, 4) is 0 Å². The van der Waals surface area contributed by atoms with Crippen LogP contribution in [0.25, 0.3) is 0 Å². The third kappa shape index (κ3) is 4.28. The first-order chi connectivity index (χ1) is 13.0. The minimum Gasteiger partial charge on any atom is -0.349 e. The molecule has 3 rings (SSSR count). The molecule has 0 saturated heterocycles. The van der Waals surface area contributed by atoms with E-state index < -0.39 is 0 Å². The monoisotopic (exact) mass is 357 g/mol. The predicted molar refractivity (Wildman–Crippen MR) is 112 cm³/mol. The number of benzene rings is 3. The maximum absolute atomic E-state index is 13.3. The Morgan fingerprint density at radius 3 is 1.74 bits per heavy atom. The van der Waals surface area contributed by atoms with E-state index in [1.165, 1.54) is 22.3 Å². The zero-order valence-corrected chi connectivity index (χ0v) is 16.5. The standard InChI is InChI=1S/C25H27NO/c1-17-15-19(3)23(16-18(17)2)20(4)26-25(27)24(21-11-7-5-8-12-21)22-13-9-6-10-14-22/h5-16,20,24H,1-4H3,(H,26,27)/t20-/m1/s1. The molecular weight excluding hydrogens is 330 g/mol. The van der Waals surface area contributed by atoms with Gasteiger partial charge in [0.05, 0.1) is 12.0 Å². The first-order valence-electron chi connectivity index (χ1n) is 9.45. The highest BCUT2D eigenvalue weighted by molar-refractivity contribution is 5.87. The van der Waals surface area contributed by atoms with Gasteiger partial charge in [0.15, 0.2) is 0 Å². The van der Waals surface area contributed by atoms with Crippen LogP contribution in [0.2, 0.25) is 0 Å². The molecule has 0 heterocycles. The minimum absolute atomic E-state index is 0.0255. The molecule has 0 aliphatic rings. The zero-order chi connectivity index (χ0) is 19.4. The summed E-state index contributed by atoms with van der Waals surface area (Å²) in [5.41, 5.74) is 6.92. The Hall–Kier alpha value is -2.87. The Morgan fingerprint density at radius 1 is 0.741 bits per heavy atom. The highest BCUT2D eigenvalue weighted by atomic mass is 16.1. The van der Waals surface area contributed by atoms with Crippen LogP contribution in [0, 0.1) is 20.8 Å². The van der Waals surface area contributed by atoms with Crippen molar-refractivity contribution in [2.75, 3.05) is 0 Å². The van der Waals surface area contributed by atoms with E-state index in [9.17, 15) is 4.79 Å². The van der Waals surface area contributed by atoms with E-state index in [1.807, 2.05) is 60.7 Å². The lowest BCUT2D eigenvalue weighted by atomic mass is 9.89. The summed E-state index contributed by atoms with van der Waals surface area (Å²) in [6, 6.07) is 24.3. The van der Waals surface area contributed by atoms with E-state index in [1.54, 1.807) is 0 Å². The van der Waals surface area contributed by atoms with Gasteiger partial charge in [0, 0.05) is 0 Å². The van der Waals surface area contributed by atoms with E-state index in [4.69, 9.17) is 0 Å². The van der Waals surface area contributed by atoms with Crippen molar-refractivity contribution < 1.29 is 4.79 Å². The summed E-state index contributed by atoms with van der Waals surface area (Å²) < 4.78 is 0. The van der Waals surface area contributed by atoms with Gasteiger partial charge in [0.1, 0.15) is 0 Å². The summed E-state index contributed by atoms with van der Waals surface area (Å²) in [4.78, 5) is 13.3. The highest BCUT2D eigenvalue weighted by Crippen LogP contribution is 2.27. The Kier molecular flexibility index (Phi) is 5.75. The van der Waals surface area contributed by atoms with Gasteiger partial charge in [0.2, 0.25) is 5.91 Å². The van der Waals surface area contributed by atoms with Crippen LogP contribution < -0.4 is 5.32 Å². The van der Waals surface area contributed by atoms with Gasteiger partial charge in [-0.15, -0.1) is 0 Å². The second kappa shape index (κ2) is 8.22. The second-order valence-electron chi connectivity index (χ2n) is 7.28. The van der Waals surface area contributed by atoms with Crippen LogP contribution in [0.5, 0.6) is 0 Å². The SMILES string of the molecule is Cc1cc(C)c([C@@H](C)NC(=O)C(c2ccccc2)c2ccccc2)cc1C. The normalized spacial score (nSPS) is 12.0. The molecule has 0 unspecified atom stereocenters. The molecule has 1 amide bonds. The van der Waals surface area contributed by atoms with Gasteiger partial charge in [-0.05, 0) is 61.1 Å². The van der Waals surface area contributed by atoms with Crippen LogP contribution in [0.15, 0.2) is 72.8 Å². The van der Waals surface area contributed by atoms with Crippen molar-refractivity contribution in [3.05, 3.63) is 106 Å². The molecule has 0 bridgehead atoms. The van der Waals surface area contributed by atoms with Gasteiger partial charge in [-0.2, -0.15) is 0 Å². The van der Waals surface area contributed by atoms with E-state index in [0.29, 0.717) is 0 Å². The lowest BCUT2D eigenvalue weighted by Gasteiger charge is -2.23. The average molecular weight is 357 g/mol. The van der Waals surface area contributed by atoms with Gasteiger partial charge in [-0.3, -0.25) is 4.79 Å². The quantitative estimate of drug-likeness (QED) is 0.631. The number of carbonyl (C=O) groups excluding carboxylic acids is 1. The number of nitrogens with one attached hydrogen (secondary N) is 1. The molecule has 0 fully saturated rings. The molecule has 27 heavy (non-hydrogen) atoms. The highest BCUT2D eigenvalue weighted by Gasteiger charge is 2.24. The van der Waals surface area contributed by atoms with Gasteiger partial charge in [-0.25, -0.2) is 0 Å². The van der Waals surface area contributed by atoms with Crippen molar-refractivity contribution in [2.24, 2.45) is 0 Å². The fourth-order valence-corrected chi connectivity index (χ4v) is 3.61. The summed E-state index contributed by atoms with van der Waals surface area (Å²) >= 11 is 0. The van der Waals surface area contributed by atoms with Crippen LogP contribution in [0.1, 0.15) is 52.3 Å². The first kappa shape index (κ1) is 18.9. The molecular formula is C25H27NO. The average Bonchev–Trinajstić information content (AvgIpc) is 2.66. The predicted octanol–water partition coefficient (Wildman–Crippen LogP) is 5.62. The van der Waals surface area contributed by atoms with Crippen molar-refractivity contribution in [2.45, 2.75) is 39.7 Å². The number of hydrogen-bond acceptors (Lipinski definition) is 1. The largest absolute Gasteiger partial charge is 0.349 e. The van der Waals surface area contributed by atoms with Crippen molar-refractivity contribution >= 4 is 5.91 Å². The molecule has 0 radical (unpaired) electrons. The van der Waals surface area contributed by atoms with Crippen LogP contribution >= 0.6 is 0 Å². The number of rotatable bonds is 5. The Labute approximate surface area is 162 Å². The molecule has 2 heteroatoms. The lowest BCUT2D eigenvalue weighted by molar-refractivity contribution is -0.122. The first-order valence-corrected chi connectivity index (χ1v) is 9.45. The van der Waals surface area contributed by atoms with Crippen LogP contribution in [0.3, 0.4) is 0 Å². The van der Waals surface area contributed by atoms with Crippen molar-refractivity contribution in [3.63, 3.8) is 0 Å². The molecule has 0 aliphatic carbocycles. The van der Waals surface area contributed by atoms with E-state index in [0.717, 1.165) is 11.1 Å². The molecule has 0 aliphatic heterocycles. The second-order valence-corrected chi connectivity index (χ2v) is 7.28. The number of hydrogen-bond donors (Lipinski definition) is 1. The van der Waals surface area contributed by atoms with E-state index >= 15 is 0 Å². The van der Waals surface area contributed by atoms with Gasteiger partial charge >= 0.3 is 0 Å². The zero-order valence-electron chi connectivity index (χ0n) is 16.5. The van der Waals surface area contributed by atoms with Gasteiger partial charge < -0.3 is 5.32 Å². The van der Waals surface area contributed by atoms with Gasteiger partial charge in [0.25, 0.3) is 0 Å². The molecule has 0 aromatic heterocycles. The van der Waals surface area contributed by atoms with Crippen molar-refractivity contribution in [1.82, 2.24) is 5.32 Å².